The maximum absolute atomic E-state index is 12.7. The molecule has 6 heteroatoms. The number of methoxy groups -OCH3 is 1. The number of aromatic nitrogens is 3. The summed E-state index contributed by atoms with van der Waals surface area (Å²) in [6, 6.07) is 15.6. The molecule has 2 aromatic carbocycles. The summed E-state index contributed by atoms with van der Waals surface area (Å²) in [4.78, 5) is 12.7. The van der Waals surface area contributed by atoms with E-state index in [2.05, 4.69) is 55.2 Å². The summed E-state index contributed by atoms with van der Waals surface area (Å²) in [5.74, 6) is 1.58. The second kappa shape index (κ2) is 8.41. The van der Waals surface area contributed by atoms with E-state index in [1.165, 1.54) is 17.3 Å². The van der Waals surface area contributed by atoms with Crippen LogP contribution in [0.4, 0.5) is 0 Å². The predicted molar refractivity (Wildman–Crippen MR) is 118 cm³/mol. The monoisotopic (exact) mass is 409 g/mol. The van der Waals surface area contributed by atoms with E-state index in [4.69, 9.17) is 4.74 Å². The molecule has 0 aliphatic carbocycles. The zero-order valence-corrected chi connectivity index (χ0v) is 18.6. The maximum Gasteiger partial charge on any atom is 0.191 e. The third kappa shape index (κ3) is 4.70. The minimum absolute atomic E-state index is 0.0525. The second-order valence-corrected chi connectivity index (χ2v) is 9.35. The minimum atomic E-state index is -0.276. The van der Waals surface area contributed by atoms with Gasteiger partial charge in [0.05, 0.1) is 12.4 Å². The first kappa shape index (κ1) is 21.1. The molecule has 0 unspecified atom stereocenters. The predicted octanol–water partition coefficient (Wildman–Crippen LogP) is 5.15. The van der Waals surface area contributed by atoms with Crippen LogP contribution in [0.2, 0.25) is 0 Å². The van der Waals surface area contributed by atoms with Gasteiger partial charge in [-0.2, -0.15) is 0 Å². The molecule has 0 saturated heterocycles. The van der Waals surface area contributed by atoms with Crippen LogP contribution in [0, 0.1) is 0 Å². The highest BCUT2D eigenvalue weighted by atomic mass is 32.2. The van der Waals surface area contributed by atoms with E-state index in [-0.39, 0.29) is 16.4 Å². The zero-order chi connectivity index (χ0) is 21.2. The Bertz CT molecular complexity index is 986. The van der Waals surface area contributed by atoms with E-state index in [9.17, 15) is 4.79 Å². The summed E-state index contributed by atoms with van der Waals surface area (Å²) in [5, 5.41) is 9.10. The Morgan fingerprint density at radius 3 is 2.21 bits per heavy atom. The fourth-order valence-electron chi connectivity index (χ4n) is 2.99. The molecule has 0 aliphatic heterocycles. The Labute approximate surface area is 176 Å². The summed E-state index contributed by atoms with van der Waals surface area (Å²) in [6.07, 6.45) is 0. The highest BCUT2D eigenvalue weighted by molar-refractivity contribution is 8.00. The molecule has 3 rings (SSSR count). The van der Waals surface area contributed by atoms with Gasteiger partial charge in [-0.25, -0.2) is 0 Å². The van der Waals surface area contributed by atoms with Gasteiger partial charge in [-0.15, -0.1) is 10.2 Å². The van der Waals surface area contributed by atoms with Gasteiger partial charge < -0.3 is 9.30 Å². The van der Waals surface area contributed by atoms with Gasteiger partial charge in [-0.1, -0.05) is 56.8 Å². The fraction of sp³-hybridized carbons (Fsp3) is 0.348. The fourth-order valence-corrected chi connectivity index (χ4v) is 3.88. The number of rotatable bonds is 6. The molecule has 152 valence electrons. The van der Waals surface area contributed by atoms with Crippen LogP contribution in [0.5, 0.6) is 5.75 Å². The van der Waals surface area contributed by atoms with E-state index < -0.39 is 0 Å². The van der Waals surface area contributed by atoms with Crippen LogP contribution >= 0.6 is 11.8 Å². The molecule has 0 fully saturated rings. The van der Waals surface area contributed by atoms with Gasteiger partial charge in [0, 0.05) is 18.2 Å². The van der Waals surface area contributed by atoms with E-state index in [0.717, 1.165) is 17.1 Å². The SMILES string of the molecule is COc1ccc(C(=O)[C@@H](C)Sc2nnc(-c3ccc(C(C)(C)C)cc3)n2C)cc1. The van der Waals surface area contributed by atoms with Gasteiger partial charge in [-0.3, -0.25) is 4.79 Å². The largest absolute Gasteiger partial charge is 0.497 e. The number of hydrogen-bond donors (Lipinski definition) is 0. The van der Waals surface area contributed by atoms with E-state index >= 15 is 0 Å². The van der Waals surface area contributed by atoms with Gasteiger partial charge in [0.25, 0.3) is 0 Å². The molecule has 29 heavy (non-hydrogen) atoms. The smallest absolute Gasteiger partial charge is 0.191 e. The van der Waals surface area contributed by atoms with Crippen LogP contribution in [-0.2, 0) is 12.5 Å². The van der Waals surface area contributed by atoms with Crippen molar-refractivity contribution >= 4 is 17.5 Å². The van der Waals surface area contributed by atoms with Crippen LogP contribution in [0.25, 0.3) is 11.4 Å². The van der Waals surface area contributed by atoms with Crippen LogP contribution < -0.4 is 4.74 Å². The lowest BCUT2D eigenvalue weighted by Crippen LogP contribution is -2.14. The third-order valence-electron chi connectivity index (χ3n) is 4.87. The van der Waals surface area contributed by atoms with Gasteiger partial charge in [0.2, 0.25) is 0 Å². The van der Waals surface area contributed by atoms with Crippen molar-refractivity contribution in [2.45, 2.75) is 43.5 Å². The molecule has 0 bridgehead atoms. The lowest BCUT2D eigenvalue weighted by molar-refractivity contribution is 0.0994. The molecule has 0 N–H and O–H groups in total. The number of carbonyl (C=O) groups is 1. The first-order valence-corrected chi connectivity index (χ1v) is 10.4. The van der Waals surface area contributed by atoms with Crippen LogP contribution in [0.3, 0.4) is 0 Å². The molecule has 1 atom stereocenters. The molecule has 1 heterocycles. The lowest BCUT2D eigenvalue weighted by atomic mass is 9.87. The summed E-state index contributed by atoms with van der Waals surface area (Å²) in [5.41, 5.74) is 3.05. The molecule has 1 aromatic heterocycles. The van der Waals surface area contributed by atoms with Crippen molar-refractivity contribution in [3.8, 4) is 17.1 Å². The number of ether oxygens (including phenoxy) is 1. The van der Waals surface area contributed by atoms with Crippen molar-refractivity contribution in [2.24, 2.45) is 7.05 Å². The van der Waals surface area contributed by atoms with Crippen LogP contribution in [0.15, 0.2) is 53.7 Å². The van der Waals surface area contributed by atoms with Crippen molar-refractivity contribution in [3.05, 3.63) is 59.7 Å². The van der Waals surface area contributed by atoms with Gasteiger partial charge >= 0.3 is 0 Å². The molecule has 0 radical (unpaired) electrons. The Morgan fingerprint density at radius 1 is 1.03 bits per heavy atom. The average molecular weight is 410 g/mol. The van der Waals surface area contributed by atoms with Gasteiger partial charge in [0.15, 0.2) is 16.8 Å². The molecule has 0 spiro atoms. The Kier molecular flexibility index (Phi) is 6.13. The highest BCUT2D eigenvalue weighted by Gasteiger charge is 2.21. The van der Waals surface area contributed by atoms with Gasteiger partial charge in [0.1, 0.15) is 5.75 Å². The maximum atomic E-state index is 12.7. The van der Waals surface area contributed by atoms with Crippen molar-refractivity contribution in [3.63, 3.8) is 0 Å². The topological polar surface area (TPSA) is 57.0 Å². The standard InChI is InChI=1S/C23H27N3O2S/c1-15(20(27)16-9-13-19(28-6)14-10-16)29-22-25-24-21(26(22)5)17-7-11-18(12-8-17)23(2,3)4/h7-15H,1-6H3/t15-/m1/s1. The normalized spacial score (nSPS) is 12.6. The molecule has 5 nitrogen and oxygen atoms in total. The first-order chi connectivity index (χ1) is 13.7. The third-order valence-corrected chi connectivity index (χ3v) is 6.00. The van der Waals surface area contributed by atoms with Crippen LogP contribution in [-0.4, -0.2) is 32.9 Å². The van der Waals surface area contributed by atoms with Crippen molar-refractivity contribution in [2.75, 3.05) is 7.11 Å². The quantitative estimate of drug-likeness (QED) is 0.416. The Hall–Kier alpha value is -2.60. The number of nitrogens with zero attached hydrogens (tertiary/aromatic N) is 3. The van der Waals surface area contributed by atoms with Crippen molar-refractivity contribution < 1.29 is 9.53 Å². The van der Waals surface area contributed by atoms with Crippen LogP contribution in [0.1, 0.15) is 43.6 Å². The highest BCUT2D eigenvalue weighted by Crippen LogP contribution is 2.29. The molecule has 0 aliphatic rings. The number of Topliss-reactive ketones (excluding diaryl/α,β-unsaturated/α-hetero) is 1. The van der Waals surface area contributed by atoms with Crippen molar-refractivity contribution in [1.29, 1.82) is 0 Å². The van der Waals surface area contributed by atoms with Gasteiger partial charge in [-0.05, 0) is 42.2 Å². The number of carbonyl (C=O) groups excluding carboxylic acids is 1. The second-order valence-electron chi connectivity index (χ2n) is 8.05. The van der Waals surface area contributed by atoms with E-state index in [1.54, 1.807) is 31.4 Å². The van der Waals surface area contributed by atoms with E-state index in [0.29, 0.717) is 10.7 Å². The first-order valence-electron chi connectivity index (χ1n) is 9.56. The summed E-state index contributed by atoms with van der Waals surface area (Å²) in [6.45, 7) is 8.48. The number of thioether (sulfide) groups is 1. The number of hydrogen-bond acceptors (Lipinski definition) is 5. The summed E-state index contributed by atoms with van der Waals surface area (Å²) in [7, 11) is 3.54. The molecule has 0 saturated carbocycles. The molecule has 3 aromatic rings. The Morgan fingerprint density at radius 2 is 1.66 bits per heavy atom. The summed E-state index contributed by atoms with van der Waals surface area (Å²) < 4.78 is 7.09. The number of ketones is 1. The Balaban J connectivity index is 1.75. The lowest BCUT2D eigenvalue weighted by Gasteiger charge is -2.19. The van der Waals surface area contributed by atoms with Crippen molar-refractivity contribution in [1.82, 2.24) is 14.8 Å². The minimum Gasteiger partial charge on any atom is -0.497 e. The summed E-state index contributed by atoms with van der Waals surface area (Å²) >= 11 is 1.41. The zero-order valence-electron chi connectivity index (χ0n) is 17.8. The molecular weight excluding hydrogens is 382 g/mol. The average Bonchev–Trinajstić information content (AvgIpc) is 3.07. The molecular formula is C23H27N3O2S. The number of benzene rings is 2. The molecule has 0 amide bonds. The van der Waals surface area contributed by atoms with E-state index in [1.807, 2.05) is 18.5 Å².